The van der Waals surface area contributed by atoms with Gasteiger partial charge < -0.3 is 0 Å². The van der Waals surface area contributed by atoms with E-state index in [2.05, 4.69) is 4.85 Å². The predicted octanol–water partition coefficient (Wildman–Crippen LogP) is 2.53. The maximum Gasteiger partial charge on any atom is 0.226 e. The van der Waals surface area contributed by atoms with Gasteiger partial charge in [-0.15, -0.1) is 0 Å². The Hall–Kier alpha value is -2.01. The molecule has 1 aromatic carbocycles. The van der Waals surface area contributed by atoms with Gasteiger partial charge in [-0.3, -0.25) is 0 Å². The first-order valence-corrected chi connectivity index (χ1v) is 3.07. The van der Waals surface area contributed by atoms with E-state index in [9.17, 15) is 13.2 Å². The largest absolute Gasteiger partial charge is 0.235 e. The van der Waals surface area contributed by atoms with Crippen molar-refractivity contribution >= 4 is 5.69 Å². The summed E-state index contributed by atoms with van der Waals surface area (Å²) < 4.78 is 37.9. The summed E-state index contributed by atoms with van der Waals surface area (Å²) >= 11 is 0. The van der Waals surface area contributed by atoms with Crippen molar-refractivity contribution in [2.45, 2.75) is 0 Å². The van der Waals surface area contributed by atoms with Crippen LogP contribution in [0.3, 0.4) is 0 Å². The predicted molar refractivity (Wildman–Crippen MR) is 37.3 cm³/mol. The lowest BCUT2D eigenvalue weighted by atomic mass is 10.2. The van der Waals surface area contributed by atoms with Crippen LogP contribution in [0.15, 0.2) is 6.07 Å². The molecular weight excluding hydrogens is 181 g/mol. The summed E-state index contributed by atoms with van der Waals surface area (Å²) in [5, 5.41) is 8.27. The highest BCUT2D eigenvalue weighted by Crippen LogP contribution is 2.25. The molecule has 0 radical (unpaired) electrons. The molecular formula is C8HF3N2. The Morgan fingerprint density at radius 3 is 2.31 bits per heavy atom. The van der Waals surface area contributed by atoms with Crippen molar-refractivity contribution in [2.24, 2.45) is 0 Å². The zero-order valence-electron chi connectivity index (χ0n) is 6.11. The second-order valence-corrected chi connectivity index (χ2v) is 2.11. The van der Waals surface area contributed by atoms with Crippen LogP contribution >= 0.6 is 0 Å². The van der Waals surface area contributed by atoms with Gasteiger partial charge in [0.2, 0.25) is 5.69 Å². The van der Waals surface area contributed by atoms with E-state index < -0.39 is 28.7 Å². The van der Waals surface area contributed by atoms with Crippen LogP contribution < -0.4 is 0 Å². The van der Waals surface area contributed by atoms with Crippen LogP contribution in [0, 0.1) is 35.4 Å². The summed E-state index contributed by atoms with van der Waals surface area (Å²) in [7, 11) is 0. The van der Waals surface area contributed by atoms with Gasteiger partial charge in [0, 0.05) is 0 Å². The summed E-state index contributed by atoms with van der Waals surface area (Å²) in [4.78, 5) is 2.60. The van der Waals surface area contributed by atoms with Gasteiger partial charge in [0.1, 0.15) is 6.07 Å². The van der Waals surface area contributed by atoms with Gasteiger partial charge in [-0.2, -0.15) is 5.26 Å². The lowest BCUT2D eigenvalue weighted by Crippen LogP contribution is -1.94. The molecule has 0 amide bonds. The van der Waals surface area contributed by atoms with E-state index in [0.717, 1.165) is 0 Å². The minimum atomic E-state index is -1.79. The topological polar surface area (TPSA) is 28.1 Å². The van der Waals surface area contributed by atoms with Gasteiger partial charge in [0.25, 0.3) is 0 Å². The summed E-state index contributed by atoms with van der Waals surface area (Å²) in [5.41, 5.74) is -1.37. The molecule has 0 aliphatic rings. The molecule has 64 valence electrons. The van der Waals surface area contributed by atoms with Gasteiger partial charge in [-0.25, -0.2) is 18.0 Å². The van der Waals surface area contributed by atoms with Gasteiger partial charge in [0.15, 0.2) is 17.5 Å². The Labute approximate surface area is 71.7 Å². The SMILES string of the molecule is [C-]#[N+]c1cc(C#N)c(F)c(F)c1F. The van der Waals surface area contributed by atoms with E-state index in [4.69, 9.17) is 11.8 Å². The average Bonchev–Trinajstić information content (AvgIpc) is 2.15. The molecule has 0 aromatic heterocycles. The van der Waals surface area contributed by atoms with Crippen molar-refractivity contribution in [3.05, 3.63) is 40.5 Å². The highest BCUT2D eigenvalue weighted by molar-refractivity contribution is 5.52. The summed E-state index contributed by atoms with van der Waals surface area (Å²) in [6.45, 7) is 6.41. The van der Waals surface area contributed by atoms with E-state index in [-0.39, 0.29) is 0 Å². The van der Waals surface area contributed by atoms with Gasteiger partial charge in [-0.1, -0.05) is 0 Å². The van der Waals surface area contributed by atoms with Crippen LogP contribution in [0.1, 0.15) is 5.56 Å². The number of nitrogens with zero attached hydrogens (tertiary/aromatic N) is 2. The maximum atomic E-state index is 12.6. The molecule has 0 aliphatic heterocycles. The van der Waals surface area contributed by atoms with Gasteiger partial charge >= 0.3 is 0 Å². The Morgan fingerprint density at radius 1 is 1.23 bits per heavy atom. The molecule has 0 saturated heterocycles. The molecule has 0 aliphatic carbocycles. The minimum absolute atomic E-state index is 0.667. The number of nitriles is 1. The number of hydrogen-bond donors (Lipinski definition) is 0. The molecule has 0 fully saturated rings. The molecule has 0 bridgehead atoms. The Balaban J connectivity index is 3.60. The lowest BCUT2D eigenvalue weighted by molar-refractivity contribution is 0.448. The third-order valence-electron chi connectivity index (χ3n) is 1.37. The third kappa shape index (κ3) is 1.32. The van der Waals surface area contributed by atoms with Crippen LogP contribution in [0.25, 0.3) is 4.85 Å². The van der Waals surface area contributed by atoms with Gasteiger partial charge in [0.05, 0.1) is 12.1 Å². The zero-order valence-corrected chi connectivity index (χ0v) is 6.11. The van der Waals surface area contributed by atoms with Gasteiger partial charge in [-0.05, 0) is 6.07 Å². The molecule has 0 heterocycles. The molecule has 2 nitrogen and oxygen atoms in total. The Bertz CT molecular complexity index is 402. The fourth-order valence-corrected chi connectivity index (χ4v) is 0.753. The molecule has 1 rings (SSSR count). The number of benzene rings is 1. The van der Waals surface area contributed by atoms with Crippen molar-refractivity contribution in [3.8, 4) is 6.07 Å². The maximum absolute atomic E-state index is 12.6. The molecule has 13 heavy (non-hydrogen) atoms. The molecule has 0 N–H and O–H groups in total. The first-order chi connectivity index (χ1) is 6.11. The molecule has 1 aromatic rings. The first-order valence-electron chi connectivity index (χ1n) is 3.07. The second kappa shape index (κ2) is 3.16. The van der Waals surface area contributed by atoms with Crippen molar-refractivity contribution < 1.29 is 13.2 Å². The molecule has 0 saturated carbocycles. The standard InChI is InChI=1S/C8HF3N2/c1-13-5-2-4(3-12)6(9)8(11)7(5)10/h2H. The lowest BCUT2D eigenvalue weighted by Gasteiger charge is -1.98. The number of rotatable bonds is 0. The molecule has 0 spiro atoms. The quantitative estimate of drug-likeness (QED) is 0.447. The Morgan fingerprint density at radius 2 is 1.85 bits per heavy atom. The zero-order chi connectivity index (χ0) is 10.0. The molecule has 0 unspecified atom stereocenters. The van der Waals surface area contributed by atoms with E-state index in [0.29, 0.717) is 6.07 Å². The fourth-order valence-electron chi connectivity index (χ4n) is 0.753. The smallest absolute Gasteiger partial charge is 0.226 e. The van der Waals surface area contributed by atoms with E-state index in [1.165, 1.54) is 6.07 Å². The number of halogens is 3. The number of hydrogen-bond acceptors (Lipinski definition) is 1. The summed E-state index contributed by atoms with van der Waals surface area (Å²) in [5.74, 6) is -4.91. The fraction of sp³-hybridized carbons (Fsp3) is 0. The molecule has 0 atom stereocenters. The average molecular weight is 182 g/mol. The highest BCUT2D eigenvalue weighted by Gasteiger charge is 2.17. The minimum Gasteiger partial charge on any atom is -0.235 e. The monoisotopic (exact) mass is 182 g/mol. The van der Waals surface area contributed by atoms with Crippen LogP contribution in [0.5, 0.6) is 0 Å². The van der Waals surface area contributed by atoms with Crippen LogP contribution in [-0.4, -0.2) is 0 Å². The van der Waals surface area contributed by atoms with Crippen molar-refractivity contribution in [1.29, 1.82) is 5.26 Å². The van der Waals surface area contributed by atoms with Crippen LogP contribution in [-0.2, 0) is 0 Å². The molecule has 5 heteroatoms. The van der Waals surface area contributed by atoms with E-state index in [1.54, 1.807) is 0 Å². The van der Waals surface area contributed by atoms with Crippen LogP contribution in [0.2, 0.25) is 0 Å². The van der Waals surface area contributed by atoms with Crippen molar-refractivity contribution in [2.75, 3.05) is 0 Å². The Kier molecular flexibility index (Phi) is 2.21. The third-order valence-corrected chi connectivity index (χ3v) is 1.37. The first kappa shape index (κ1) is 9.08. The highest BCUT2D eigenvalue weighted by atomic mass is 19.2. The van der Waals surface area contributed by atoms with E-state index in [1.807, 2.05) is 0 Å². The van der Waals surface area contributed by atoms with Crippen molar-refractivity contribution in [3.63, 3.8) is 0 Å². The van der Waals surface area contributed by atoms with Crippen LogP contribution in [0.4, 0.5) is 18.9 Å². The van der Waals surface area contributed by atoms with Crippen molar-refractivity contribution in [1.82, 2.24) is 0 Å². The second-order valence-electron chi connectivity index (χ2n) is 2.11. The summed E-state index contributed by atoms with van der Waals surface area (Å²) in [6, 6.07) is 1.98. The van der Waals surface area contributed by atoms with E-state index >= 15 is 0 Å². The summed E-state index contributed by atoms with van der Waals surface area (Å²) in [6.07, 6.45) is 0. The normalized spacial score (nSPS) is 9.00.